The van der Waals surface area contributed by atoms with Crippen LogP contribution in [0.5, 0.6) is 11.6 Å². The third-order valence-electron chi connectivity index (χ3n) is 6.45. The number of aryl methyl sites for hydroxylation is 1. The number of aromatic hydroxyl groups is 1. The van der Waals surface area contributed by atoms with Crippen molar-refractivity contribution in [3.8, 4) is 11.6 Å². The highest BCUT2D eigenvalue weighted by Gasteiger charge is 2.21. The predicted octanol–water partition coefficient (Wildman–Crippen LogP) is 0.850. The summed E-state index contributed by atoms with van der Waals surface area (Å²) in [7, 11) is 0. The fraction of sp³-hybridized carbons (Fsp3) is 0.241. The average Bonchev–Trinajstić information content (AvgIpc) is 3.43. The third kappa shape index (κ3) is 7.81. The summed E-state index contributed by atoms with van der Waals surface area (Å²) in [6, 6.07) is 6.45. The lowest BCUT2D eigenvalue weighted by molar-refractivity contribution is -0.138. The highest BCUT2D eigenvalue weighted by atomic mass is 32.1. The zero-order valence-corrected chi connectivity index (χ0v) is 24.9. The Balaban J connectivity index is 1.53. The number of carbonyl (C=O) groups is 4. The fourth-order valence-corrected chi connectivity index (χ4v) is 4.89. The van der Waals surface area contributed by atoms with Crippen molar-refractivity contribution in [3.63, 3.8) is 0 Å². The summed E-state index contributed by atoms with van der Waals surface area (Å²) < 4.78 is 19.0. The van der Waals surface area contributed by atoms with Gasteiger partial charge in [0.1, 0.15) is 67.4 Å². The van der Waals surface area contributed by atoms with Crippen LogP contribution < -0.4 is 20.5 Å². The van der Waals surface area contributed by atoms with E-state index in [1.54, 1.807) is 31.2 Å². The molecule has 1 aliphatic carbocycles. The van der Waals surface area contributed by atoms with Crippen LogP contribution in [0.15, 0.2) is 34.4 Å². The van der Waals surface area contributed by atoms with Crippen molar-refractivity contribution in [3.05, 3.63) is 62.4 Å². The molecule has 0 saturated heterocycles. The molecule has 17 heteroatoms. The molecule has 0 atom stereocenters. The second-order valence-electron chi connectivity index (χ2n) is 9.94. The van der Waals surface area contributed by atoms with Crippen molar-refractivity contribution < 1.29 is 58.6 Å². The number of anilines is 1. The standard InChI is InChI=1S/C29H28N4O12S/c1-15-2-3-19(31(11-24(34)35)12-25(36)37)23(6-15)44-5-4-43-22-8-16-7-17(45-21(16)10-18(22)30)9-20-28(42)33(14-27(40)41)29(46)32(20)13-26(38)39/h2-3,6-10,30,42H,4-5,11-14H2,1H3,(H,34,35)(H,36,37)(H,38,39)(H,40,41). The van der Waals surface area contributed by atoms with Gasteiger partial charge in [0.2, 0.25) is 5.88 Å². The highest BCUT2D eigenvalue weighted by molar-refractivity contribution is 7.71. The fourth-order valence-electron chi connectivity index (χ4n) is 4.57. The lowest BCUT2D eigenvalue weighted by atomic mass is 10.1. The van der Waals surface area contributed by atoms with Gasteiger partial charge in [-0.15, -0.1) is 0 Å². The van der Waals surface area contributed by atoms with Gasteiger partial charge in [-0.3, -0.25) is 29.2 Å². The van der Waals surface area contributed by atoms with Crippen LogP contribution >= 0.6 is 12.2 Å². The number of imidazole rings is 1. The normalized spacial score (nSPS) is 12.6. The molecule has 0 aliphatic heterocycles. The molecule has 1 aliphatic rings. The first-order chi connectivity index (χ1) is 21.7. The molecule has 2 heterocycles. The molecule has 6 N–H and O–H groups in total. The van der Waals surface area contributed by atoms with Crippen molar-refractivity contribution in [2.75, 3.05) is 31.2 Å². The van der Waals surface area contributed by atoms with E-state index in [0.717, 1.165) is 19.6 Å². The number of furan rings is 1. The van der Waals surface area contributed by atoms with Gasteiger partial charge in [-0.2, -0.15) is 0 Å². The molecule has 0 spiro atoms. The van der Waals surface area contributed by atoms with E-state index in [1.165, 1.54) is 18.2 Å². The largest absolute Gasteiger partial charge is 0.493 e. The van der Waals surface area contributed by atoms with Crippen LogP contribution in [0.2, 0.25) is 0 Å². The van der Waals surface area contributed by atoms with Crippen LogP contribution in [0.1, 0.15) is 16.8 Å². The maximum atomic E-state index is 11.4. The van der Waals surface area contributed by atoms with E-state index in [0.29, 0.717) is 5.56 Å². The highest BCUT2D eigenvalue weighted by Crippen LogP contribution is 2.30. The molecule has 0 radical (unpaired) electrons. The second kappa shape index (κ2) is 13.9. The first-order valence-corrected chi connectivity index (χ1v) is 13.8. The van der Waals surface area contributed by atoms with E-state index in [9.17, 15) is 39.6 Å². The predicted molar refractivity (Wildman–Crippen MR) is 162 cm³/mol. The summed E-state index contributed by atoms with van der Waals surface area (Å²) in [4.78, 5) is 46.4. The Labute approximate surface area is 264 Å². The Morgan fingerprint density at radius 1 is 0.935 bits per heavy atom. The summed E-state index contributed by atoms with van der Waals surface area (Å²) in [5.41, 5.74) is 1.85. The van der Waals surface area contributed by atoms with Crippen molar-refractivity contribution >= 4 is 65.7 Å². The molecule has 1 aromatic carbocycles. The first-order valence-electron chi connectivity index (χ1n) is 13.4. The number of benzene rings is 1. The molecule has 0 unspecified atom stereocenters. The summed E-state index contributed by atoms with van der Waals surface area (Å²) in [6.07, 6.45) is 4.20. The van der Waals surface area contributed by atoms with Gasteiger partial charge in [-0.1, -0.05) is 6.07 Å². The van der Waals surface area contributed by atoms with Gasteiger partial charge in [0.05, 0.1) is 11.4 Å². The topological polar surface area (TPSA) is 238 Å². The van der Waals surface area contributed by atoms with Crippen molar-refractivity contribution in [1.29, 1.82) is 5.41 Å². The molecule has 242 valence electrons. The molecule has 0 amide bonds. The monoisotopic (exact) mass is 656 g/mol. The number of carboxylic acids is 4. The van der Waals surface area contributed by atoms with Gasteiger partial charge < -0.3 is 48.9 Å². The van der Waals surface area contributed by atoms with Gasteiger partial charge >= 0.3 is 23.9 Å². The number of carboxylic acid groups (broad SMARTS) is 4. The van der Waals surface area contributed by atoms with Gasteiger partial charge in [-0.05, 0) is 49.0 Å². The van der Waals surface area contributed by atoms with E-state index in [4.69, 9.17) is 36.6 Å². The van der Waals surface area contributed by atoms with E-state index in [2.05, 4.69) is 0 Å². The average molecular weight is 657 g/mol. The molecule has 0 fully saturated rings. The Hall–Kier alpha value is -5.84. The second-order valence-corrected chi connectivity index (χ2v) is 10.3. The van der Waals surface area contributed by atoms with E-state index < -0.39 is 55.9 Å². The minimum Gasteiger partial charge on any atom is -0.493 e. The zero-order chi connectivity index (χ0) is 33.7. The number of allylic oxidation sites excluding steroid dienone is 1. The maximum Gasteiger partial charge on any atom is 0.323 e. The Kier molecular flexibility index (Phi) is 9.96. The minimum absolute atomic E-state index is 0.0358. The van der Waals surface area contributed by atoms with Crippen LogP contribution in [0.3, 0.4) is 0 Å². The van der Waals surface area contributed by atoms with Crippen molar-refractivity contribution in [1.82, 2.24) is 9.13 Å². The molecular weight excluding hydrogens is 628 g/mol. The summed E-state index contributed by atoms with van der Waals surface area (Å²) in [5, 5.41) is 55.9. The number of aliphatic carboxylic acids is 4. The van der Waals surface area contributed by atoms with Gasteiger partial charge in [0, 0.05) is 17.7 Å². The van der Waals surface area contributed by atoms with Gasteiger partial charge in [-0.25, -0.2) is 0 Å². The van der Waals surface area contributed by atoms with Gasteiger partial charge in [0.15, 0.2) is 4.77 Å². The van der Waals surface area contributed by atoms with Crippen LogP contribution in [-0.2, 0) is 37.0 Å². The molecule has 0 saturated carbocycles. The molecular formula is C29H28N4O12S. The first kappa shape index (κ1) is 33.1. The number of hydrogen-bond donors (Lipinski definition) is 6. The number of hydrogen-bond acceptors (Lipinski definition) is 11. The number of fused-ring (bicyclic) bond motifs is 1. The number of rotatable bonds is 15. The van der Waals surface area contributed by atoms with E-state index in [1.807, 2.05) is 0 Å². The van der Waals surface area contributed by atoms with Crippen LogP contribution in [-0.4, -0.2) is 90.6 Å². The Bertz CT molecular complexity index is 1940. The van der Waals surface area contributed by atoms with Crippen molar-refractivity contribution in [2.24, 2.45) is 0 Å². The smallest absolute Gasteiger partial charge is 0.323 e. The molecule has 46 heavy (non-hydrogen) atoms. The molecule has 3 aromatic rings. The molecule has 4 rings (SSSR count). The summed E-state index contributed by atoms with van der Waals surface area (Å²) in [5.74, 6) is -5.15. The van der Waals surface area contributed by atoms with Crippen LogP contribution in [0.25, 0.3) is 18.2 Å². The number of nitrogens with zero attached hydrogens (tertiary/aromatic N) is 3. The molecule has 0 bridgehead atoms. The zero-order valence-electron chi connectivity index (χ0n) is 24.1. The lowest BCUT2D eigenvalue weighted by Gasteiger charge is -2.24. The number of nitrogens with one attached hydrogen (secondary N) is 1. The quantitative estimate of drug-likeness (QED) is 0.0983. The van der Waals surface area contributed by atoms with E-state index >= 15 is 0 Å². The third-order valence-corrected chi connectivity index (χ3v) is 6.89. The maximum absolute atomic E-state index is 11.4. The number of ether oxygens (including phenoxy) is 2. The molecule has 2 aromatic heterocycles. The number of aromatic nitrogens is 2. The van der Waals surface area contributed by atoms with Crippen LogP contribution in [0, 0.1) is 17.1 Å². The van der Waals surface area contributed by atoms with Crippen molar-refractivity contribution in [2.45, 2.75) is 20.0 Å². The summed E-state index contributed by atoms with van der Waals surface area (Å²) >= 11 is 5.18. The lowest BCUT2D eigenvalue weighted by Crippen LogP contribution is -2.34. The summed E-state index contributed by atoms with van der Waals surface area (Å²) in [6.45, 7) is -0.749. The Morgan fingerprint density at radius 2 is 1.57 bits per heavy atom. The Morgan fingerprint density at radius 3 is 2.20 bits per heavy atom. The molecule has 16 nitrogen and oxygen atoms in total. The van der Waals surface area contributed by atoms with Gasteiger partial charge in [0.25, 0.3) is 0 Å². The SMILES string of the molecule is Cc1ccc(N(CC(=O)O)CC(=O)O)c(OCCOC2=Cc3cc(=Cc4c(O)n(CC(=O)O)c(=S)n4CC(=O)O)oc3=CC2=N)c1. The minimum atomic E-state index is -1.30. The van der Waals surface area contributed by atoms with Crippen LogP contribution in [0.4, 0.5) is 5.69 Å². The van der Waals surface area contributed by atoms with E-state index in [-0.39, 0.29) is 57.4 Å².